The van der Waals surface area contributed by atoms with Gasteiger partial charge < -0.3 is 9.73 Å². The molecular weight excluding hydrogens is 250 g/mol. The first-order valence-corrected chi connectivity index (χ1v) is 6.69. The zero-order chi connectivity index (χ0) is 13.9. The van der Waals surface area contributed by atoms with E-state index in [9.17, 15) is 0 Å². The molecule has 0 fully saturated rings. The van der Waals surface area contributed by atoms with E-state index in [1.54, 1.807) is 6.20 Å². The average Bonchev–Trinajstić information content (AvgIpc) is 2.84. The summed E-state index contributed by atoms with van der Waals surface area (Å²) in [6, 6.07) is 10.3. The van der Waals surface area contributed by atoms with Gasteiger partial charge in [-0.2, -0.15) is 0 Å². The number of nitrogens with one attached hydrogen (secondary N) is 1. The van der Waals surface area contributed by atoms with Gasteiger partial charge in [-0.25, -0.2) is 4.98 Å². The summed E-state index contributed by atoms with van der Waals surface area (Å²) in [6.07, 6.45) is 3.71. The molecule has 0 radical (unpaired) electrons. The largest absolute Gasteiger partial charge is 0.441 e. The van der Waals surface area contributed by atoms with Gasteiger partial charge in [0.1, 0.15) is 5.52 Å². The number of fused-ring (bicyclic) bond motifs is 1. The van der Waals surface area contributed by atoms with Crippen molar-refractivity contribution in [2.24, 2.45) is 0 Å². The molecule has 1 atom stereocenters. The van der Waals surface area contributed by atoms with E-state index in [2.05, 4.69) is 33.5 Å². The third-order valence-electron chi connectivity index (χ3n) is 3.42. The fourth-order valence-corrected chi connectivity index (χ4v) is 2.49. The van der Waals surface area contributed by atoms with Gasteiger partial charge in [0.05, 0.1) is 0 Å². The van der Waals surface area contributed by atoms with Gasteiger partial charge in [0.15, 0.2) is 11.5 Å². The number of oxazole rings is 1. The molecule has 4 heteroatoms. The Morgan fingerprint density at radius 1 is 1.25 bits per heavy atom. The van der Waals surface area contributed by atoms with Crippen LogP contribution in [-0.2, 0) is 0 Å². The number of rotatable bonds is 4. The van der Waals surface area contributed by atoms with E-state index in [1.165, 1.54) is 11.1 Å². The van der Waals surface area contributed by atoms with Gasteiger partial charge in [0, 0.05) is 31.8 Å². The van der Waals surface area contributed by atoms with Gasteiger partial charge in [0.2, 0.25) is 0 Å². The number of benzene rings is 1. The van der Waals surface area contributed by atoms with Crippen molar-refractivity contribution >= 4 is 11.1 Å². The van der Waals surface area contributed by atoms with E-state index in [0.717, 1.165) is 17.6 Å². The highest BCUT2D eigenvalue weighted by atomic mass is 16.3. The number of pyridine rings is 1. The first kappa shape index (κ1) is 12.8. The molecule has 3 aromatic rings. The van der Waals surface area contributed by atoms with Crippen molar-refractivity contribution in [2.45, 2.75) is 12.8 Å². The molecule has 4 nitrogen and oxygen atoms in total. The van der Waals surface area contributed by atoms with Crippen LogP contribution in [0.5, 0.6) is 0 Å². The molecule has 1 N–H and O–H groups in total. The molecule has 0 saturated heterocycles. The lowest BCUT2D eigenvalue weighted by Gasteiger charge is -2.17. The lowest BCUT2D eigenvalue weighted by Crippen LogP contribution is -2.18. The minimum Gasteiger partial charge on any atom is -0.441 e. The summed E-state index contributed by atoms with van der Waals surface area (Å²) in [6.45, 7) is 2.72. The monoisotopic (exact) mass is 267 g/mol. The zero-order valence-electron chi connectivity index (χ0n) is 11.6. The molecule has 0 bridgehead atoms. The molecule has 2 heterocycles. The quantitative estimate of drug-likeness (QED) is 0.789. The van der Waals surface area contributed by atoms with Crippen molar-refractivity contribution in [3.63, 3.8) is 0 Å². The number of likely N-dealkylation sites (N-methyl/N-ethyl adjacent to an activating group) is 1. The molecule has 102 valence electrons. The number of hydrogen-bond acceptors (Lipinski definition) is 4. The first-order chi connectivity index (χ1) is 9.78. The number of nitrogens with zero attached hydrogens (tertiary/aromatic N) is 2. The Labute approximate surface area is 117 Å². The van der Waals surface area contributed by atoms with Gasteiger partial charge in [-0.1, -0.05) is 12.1 Å². The summed E-state index contributed by atoms with van der Waals surface area (Å²) in [5.74, 6) is 0.957. The van der Waals surface area contributed by atoms with Crippen LogP contribution in [0.1, 0.15) is 22.9 Å². The second-order valence-electron chi connectivity index (χ2n) is 4.86. The smallest absolute Gasteiger partial charge is 0.192 e. The average molecular weight is 267 g/mol. The fraction of sp³-hybridized carbons (Fsp3) is 0.250. The van der Waals surface area contributed by atoms with E-state index < -0.39 is 0 Å². The minimum atomic E-state index is 0.259. The molecule has 1 unspecified atom stereocenters. The van der Waals surface area contributed by atoms with E-state index in [0.29, 0.717) is 5.89 Å². The Morgan fingerprint density at radius 2 is 2.15 bits per heavy atom. The molecule has 1 aromatic carbocycles. The summed E-state index contributed by atoms with van der Waals surface area (Å²) >= 11 is 0. The van der Waals surface area contributed by atoms with Crippen LogP contribution >= 0.6 is 0 Å². The molecule has 2 aromatic heterocycles. The Balaban J connectivity index is 2.04. The van der Waals surface area contributed by atoms with Crippen LogP contribution in [0.3, 0.4) is 0 Å². The predicted molar refractivity (Wildman–Crippen MR) is 78.8 cm³/mol. The lowest BCUT2D eigenvalue weighted by atomic mass is 9.92. The predicted octanol–water partition coefficient (Wildman–Crippen LogP) is 2.88. The van der Waals surface area contributed by atoms with Crippen LogP contribution in [0.4, 0.5) is 0 Å². The highest BCUT2D eigenvalue weighted by Gasteiger charge is 2.15. The van der Waals surface area contributed by atoms with Crippen molar-refractivity contribution in [3.05, 3.63) is 59.7 Å². The van der Waals surface area contributed by atoms with Gasteiger partial charge >= 0.3 is 0 Å². The van der Waals surface area contributed by atoms with E-state index in [4.69, 9.17) is 4.42 Å². The topological polar surface area (TPSA) is 51.0 Å². The summed E-state index contributed by atoms with van der Waals surface area (Å²) in [5.41, 5.74) is 4.15. The highest BCUT2D eigenvalue weighted by Crippen LogP contribution is 2.26. The Bertz CT molecular complexity index is 706. The zero-order valence-corrected chi connectivity index (χ0v) is 11.6. The second kappa shape index (κ2) is 5.43. The molecule has 0 aliphatic heterocycles. The van der Waals surface area contributed by atoms with Crippen LogP contribution in [-0.4, -0.2) is 23.6 Å². The van der Waals surface area contributed by atoms with Crippen LogP contribution in [0.25, 0.3) is 11.1 Å². The lowest BCUT2D eigenvalue weighted by molar-refractivity contribution is 0.561. The van der Waals surface area contributed by atoms with Crippen molar-refractivity contribution in [3.8, 4) is 0 Å². The second-order valence-corrected chi connectivity index (χ2v) is 4.86. The Morgan fingerprint density at radius 3 is 2.90 bits per heavy atom. The fourth-order valence-electron chi connectivity index (χ4n) is 2.49. The molecule has 0 amide bonds. The number of aryl methyl sites for hydroxylation is 1. The standard InChI is InChI=1S/C16H17N3O/c1-11-19-15-8-12(5-6-16(15)20-11)14(10-17-2)13-4-3-7-18-9-13/h3-9,14,17H,10H2,1-2H3. The summed E-state index contributed by atoms with van der Waals surface area (Å²) in [5, 5.41) is 3.25. The Kier molecular flexibility index (Phi) is 3.48. The normalized spacial score (nSPS) is 12.7. The SMILES string of the molecule is CNCC(c1cccnc1)c1ccc2oc(C)nc2c1. The maximum absolute atomic E-state index is 5.53. The third kappa shape index (κ3) is 2.42. The van der Waals surface area contributed by atoms with Crippen molar-refractivity contribution in [2.75, 3.05) is 13.6 Å². The Hall–Kier alpha value is -2.20. The summed E-state index contributed by atoms with van der Waals surface area (Å²) in [7, 11) is 1.96. The van der Waals surface area contributed by atoms with Gasteiger partial charge in [-0.3, -0.25) is 4.98 Å². The van der Waals surface area contributed by atoms with Gasteiger partial charge in [-0.05, 0) is 36.4 Å². The highest BCUT2D eigenvalue weighted by molar-refractivity contribution is 5.73. The summed E-state index contributed by atoms with van der Waals surface area (Å²) < 4.78 is 5.53. The van der Waals surface area contributed by atoms with E-state index in [1.807, 2.05) is 32.3 Å². The molecule has 0 aliphatic rings. The third-order valence-corrected chi connectivity index (χ3v) is 3.42. The van der Waals surface area contributed by atoms with Crippen molar-refractivity contribution in [1.82, 2.24) is 15.3 Å². The van der Waals surface area contributed by atoms with Gasteiger partial charge in [-0.15, -0.1) is 0 Å². The molecule has 0 spiro atoms. The summed E-state index contributed by atoms with van der Waals surface area (Å²) in [4.78, 5) is 8.63. The van der Waals surface area contributed by atoms with Crippen LogP contribution in [0, 0.1) is 6.92 Å². The number of hydrogen-bond donors (Lipinski definition) is 1. The van der Waals surface area contributed by atoms with Crippen LogP contribution in [0.2, 0.25) is 0 Å². The maximum atomic E-state index is 5.53. The van der Waals surface area contributed by atoms with Gasteiger partial charge in [0.25, 0.3) is 0 Å². The van der Waals surface area contributed by atoms with Crippen LogP contribution in [0.15, 0.2) is 47.1 Å². The maximum Gasteiger partial charge on any atom is 0.192 e. The van der Waals surface area contributed by atoms with E-state index >= 15 is 0 Å². The number of aromatic nitrogens is 2. The van der Waals surface area contributed by atoms with Crippen molar-refractivity contribution < 1.29 is 4.42 Å². The molecular formula is C16H17N3O. The molecule has 3 rings (SSSR count). The van der Waals surface area contributed by atoms with Crippen LogP contribution < -0.4 is 5.32 Å². The first-order valence-electron chi connectivity index (χ1n) is 6.69. The van der Waals surface area contributed by atoms with E-state index in [-0.39, 0.29) is 5.92 Å². The van der Waals surface area contributed by atoms with Crippen molar-refractivity contribution in [1.29, 1.82) is 0 Å². The molecule has 0 saturated carbocycles. The minimum absolute atomic E-state index is 0.259. The molecule has 0 aliphatic carbocycles. The molecule has 20 heavy (non-hydrogen) atoms.